The maximum absolute atomic E-state index is 13.5. The summed E-state index contributed by atoms with van der Waals surface area (Å²) in [6.45, 7) is 5.29. The molecular weight excluding hydrogens is 751 g/mol. The standard InChI is InChI=1S/C28H37Br2O10PS2/c1-17-25(36-4)24(39-27(17)42(31,32)21-11-7-19(29)8-12-21)16-37-41(5,6)40-26-18(2)28(38-23(26)15-35-3)43(33,34)22-13-9-20(30)10-14-22/h7-14,17-18,23-28H,5,15-16H2,1-4,6H3/t17?,18?,23-,24-,25-,26-,27+,28+,41?/m1/s1. The van der Waals surface area contributed by atoms with E-state index in [0.717, 1.165) is 8.95 Å². The first-order valence-corrected chi connectivity index (χ1v) is 20.4. The minimum atomic E-state index is -3.86. The Morgan fingerprint density at radius 1 is 0.767 bits per heavy atom. The van der Waals surface area contributed by atoms with Crippen molar-refractivity contribution in [2.24, 2.45) is 11.8 Å². The minimum Gasteiger partial charge on any atom is -0.382 e. The highest BCUT2D eigenvalue weighted by atomic mass is 79.9. The van der Waals surface area contributed by atoms with Gasteiger partial charge in [0.25, 0.3) is 0 Å². The Morgan fingerprint density at radius 3 is 1.60 bits per heavy atom. The zero-order valence-electron chi connectivity index (χ0n) is 24.5. The summed E-state index contributed by atoms with van der Waals surface area (Å²) in [5.74, 6) is -1.06. The third-order valence-electron chi connectivity index (χ3n) is 7.60. The molecule has 2 aromatic carbocycles. The molecule has 2 aliphatic rings. The lowest BCUT2D eigenvalue weighted by atomic mass is 10.0. The largest absolute Gasteiger partial charge is 0.382 e. The predicted molar refractivity (Wildman–Crippen MR) is 172 cm³/mol. The van der Waals surface area contributed by atoms with E-state index in [0.29, 0.717) is 0 Å². The molecule has 2 fully saturated rings. The van der Waals surface area contributed by atoms with Gasteiger partial charge in [0.1, 0.15) is 19.5 Å². The highest BCUT2D eigenvalue weighted by Crippen LogP contribution is 2.50. The lowest BCUT2D eigenvalue weighted by molar-refractivity contribution is -0.0264. The zero-order chi connectivity index (χ0) is 31.7. The smallest absolute Gasteiger partial charge is 0.205 e. The first kappa shape index (κ1) is 35.2. The quantitative estimate of drug-likeness (QED) is 0.267. The van der Waals surface area contributed by atoms with E-state index in [1.165, 1.54) is 38.5 Å². The third kappa shape index (κ3) is 7.68. The molecule has 0 aliphatic carbocycles. The third-order valence-corrected chi connectivity index (χ3v) is 14.2. The van der Waals surface area contributed by atoms with Crippen LogP contribution in [0.2, 0.25) is 0 Å². The van der Waals surface area contributed by atoms with Crippen molar-refractivity contribution >= 4 is 65.2 Å². The van der Waals surface area contributed by atoms with Crippen molar-refractivity contribution in [2.45, 2.75) is 58.9 Å². The van der Waals surface area contributed by atoms with Crippen molar-refractivity contribution in [1.29, 1.82) is 0 Å². The predicted octanol–water partition coefficient (Wildman–Crippen LogP) is 5.15. The molecule has 9 atom stereocenters. The molecule has 2 aliphatic heterocycles. The summed E-state index contributed by atoms with van der Waals surface area (Å²) >= 11 is 6.66. The molecular formula is C28H37Br2O10PS2. The van der Waals surface area contributed by atoms with Crippen LogP contribution in [0.1, 0.15) is 13.8 Å². The van der Waals surface area contributed by atoms with E-state index in [-0.39, 0.29) is 23.0 Å². The molecule has 0 aromatic heterocycles. The van der Waals surface area contributed by atoms with E-state index < -0.39 is 74.1 Å². The minimum absolute atomic E-state index is 0.0412. The SMILES string of the molecule is C=P(C)(OC[C@H]1O[C@@H](S(=O)(=O)c2ccc(Br)cc2)C(C)[C@H]1OC)O[C@@H]1C(C)[C@H](S(=O)(=O)c2ccc(Br)cc2)O[C@@H]1COC. The molecule has 2 heterocycles. The van der Waals surface area contributed by atoms with E-state index >= 15 is 0 Å². The number of sulfone groups is 2. The number of benzene rings is 2. The molecule has 2 saturated heterocycles. The molecule has 0 bridgehead atoms. The van der Waals surface area contributed by atoms with Gasteiger partial charge in [-0.1, -0.05) is 52.0 Å². The molecule has 0 amide bonds. The van der Waals surface area contributed by atoms with Crippen molar-refractivity contribution in [3.63, 3.8) is 0 Å². The number of ether oxygens (including phenoxy) is 4. The van der Waals surface area contributed by atoms with Crippen LogP contribution in [0.15, 0.2) is 67.3 Å². The Kier molecular flexibility index (Phi) is 11.5. The molecule has 0 radical (unpaired) electrons. The van der Waals surface area contributed by atoms with Gasteiger partial charge in [0.15, 0.2) is 10.9 Å². The number of rotatable bonds is 12. The normalized spacial score (nSPS) is 31.2. The van der Waals surface area contributed by atoms with Crippen LogP contribution in [0.3, 0.4) is 0 Å². The van der Waals surface area contributed by atoms with Crippen LogP contribution in [0, 0.1) is 11.8 Å². The van der Waals surface area contributed by atoms with Crippen molar-refractivity contribution in [3.8, 4) is 0 Å². The second-order valence-corrected chi connectivity index (χ2v) is 19.2. The lowest BCUT2D eigenvalue weighted by Gasteiger charge is -2.30. The Balaban J connectivity index is 1.47. The fourth-order valence-electron chi connectivity index (χ4n) is 5.44. The van der Waals surface area contributed by atoms with Gasteiger partial charge in [0.05, 0.1) is 35.2 Å². The number of methoxy groups -OCH3 is 2. The molecule has 43 heavy (non-hydrogen) atoms. The maximum Gasteiger partial charge on any atom is 0.205 e. The highest BCUT2D eigenvalue weighted by molar-refractivity contribution is 9.10. The monoisotopic (exact) mass is 786 g/mol. The lowest BCUT2D eigenvalue weighted by Crippen LogP contribution is -2.34. The van der Waals surface area contributed by atoms with Crippen molar-refractivity contribution < 1.29 is 44.8 Å². The van der Waals surface area contributed by atoms with E-state index in [1.54, 1.807) is 44.8 Å². The molecule has 10 nitrogen and oxygen atoms in total. The van der Waals surface area contributed by atoms with Gasteiger partial charge in [-0.05, 0) is 48.5 Å². The summed E-state index contributed by atoms with van der Waals surface area (Å²) in [6, 6.07) is 12.7. The fourth-order valence-corrected chi connectivity index (χ4v) is 10.9. The first-order valence-electron chi connectivity index (χ1n) is 13.5. The van der Waals surface area contributed by atoms with E-state index in [2.05, 4.69) is 38.2 Å². The second kappa shape index (κ2) is 14.0. The summed E-state index contributed by atoms with van der Waals surface area (Å²) in [5, 5.41) is 0. The number of hydrogen-bond donors (Lipinski definition) is 0. The number of hydrogen-bond acceptors (Lipinski definition) is 10. The topological polar surface area (TPSA) is 124 Å². The van der Waals surface area contributed by atoms with Gasteiger partial charge in [-0.15, -0.1) is 0 Å². The van der Waals surface area contributed by atoms with E-state index in [1.807, 2.05) is 0 Å². The molecule has 4 rings (SSSR count). The summed E-state index contributed by atoms with van der Waals surface area (Å²) in [6.07, 6.45) is 1.51. The van der Waals surface area contributed by atoms with Crippen LogP contribution in [-0.2, 0) is 47.7 Å². The van der Waals surface area contributed by atoms with Crippen LogP contribution in [-0.4, -0.2) is 92.5 Å². The van der Waals surface area contributed by atoms with Gasteiger partial charge >= 0.3 is 0 Å². The van der Waals surface area contributed by atoms with Crippen molar-refractivity contribution in [3.05, 3.63) is 57.5 Å². The van der Waals surface area contributed by atoms with Gasteiger partial charge in [0.2, 0.25) is 19.7 Å². The fraction of sp³-hybridized carbons (Fsp3) is 0.536. The molecule has 0 N–H and O–H groups in total. The van der Waals surface area contributed by atoms with Gasteiger partial charge in [-0.25, -0.2) is 16.8 Å². The van der Waals surface area contributed by atoms with Gasteiger partial charge in [-0.2, -0.15) is 0 Å². The molecule has 2 aromatic rings. The molecule has 0 spiro atoms. The van der Waals surface area contributed by atoms with E-state index in [9.17, 15) is 16.8 Å². The maximum atomic E-state index is 13.5. The Bertz CT molecular complexity index is 1520. The van der Waals surface area contributed by atoms with Crippen LogP contribution < -0.4 is 0 Å². The van der Waals surface area contributed by atoms with Crippen LogP contribution >= 0.6 is 39.2 Å². The average molecular weight is 789 g/mol. The molecule has 15 heteroatoms. The van der Waals surface area contributed by atoms with Crippen LogP contribution in [0.25, 0.3) is 0 Å². The van der Waals surface area contributed by atoms with Gasteiger partial charge in [-0.3, -0.25) is 0 Å². The van der Waals surface area contributed by atoms with Gasteiger partial charge in [0, 0.05) is 41.7 Å². The average Bonchev–Trinajstić information content (AvgIpc) is 3.44. The first-order chi connectivity index (χ1) is 20.1. The summed E-state index contributed by atoms with van der Waals surface area (Å²) in [4.78, 5) is 0.285. The summed E-state index contributed by atoms with van der Waals surface area (Å²) in [5.41, 5.74) is -2.30. The summed E-state index contributed by atoms with van der Waals surface area (Å²) < 4.78 is 90.9. The Labute approximate surface area is 270 Å². The van der Waals surface area contributed by atoms with Crippen LogP contribution in [0.4, 0.5) is 0 Å². The second-order valence-electron chi connectivity index (χ2n) is 10.8. The summed E-state index contributed by atoms with van der Waals surface area (Å²) in [7, 11) is -7.54. The molecule has 3 unspecified atom stereocenters. The molecule has 240 valence electrons. The van der Waals surface area contributed by atoms with E-state index in [4.69, 9.17) is 28.0 Å². The van der Waals surface area contributed by atoms with Crippen LogP contribution in [0.5, 0.6) is 0 Å². The van der Waals surface area contributed by atoms with Crippen molar-refractivity contribution in [2.75, 3.05) is 34.1 Å². The molecule has 0 saturated carbocycles. The zero-order valence-corrected chi connectivity index (χ0v) is 30.2. The highest BCUT2D eigenvalue weighted by Gasteiger charge is 2.51. The number of halogens is 2. The Morgan fingerprint density at radius 2 is 1.19 bits per heavy atom. The van der Waals surface area contributed by atoms with Gasteiger partial charge < -0.3 is 28.0 Å². The Hall–Kier alpha value is -0.640. The van der Waals surface area contributed by atoms with Crippen molar-refractivity contribution in [1.82, 2.24) is 0 Å².